The van der Waals surface area contributed by atoms with Crippen LogP contribution >= 0.6 is 11.8 Å². The standard InChI is InChI=1S/C26H28N4O2S/c1-4-32-19-12-8-11-18(13-19)23-22-20(14-26(2,3)15-21(22)31)27-24-28-25(29-30(23)24)33-16-17-9-6-5-7-10-17/h5-13,23H,4,14-16H2,1-3H3,(H,27,28,29). The Labute approximate surface area is 198 Å². The van der Waals surface area contributed by atoms with Gasteiger partial charge < -0.3 is 10.1 Å². The van der Waals surface area contributed by atoms with Crippen LogP contribution in [-0.2, 0) is 10.5 Å². The fraction of sp³-hybridized carbons (Fsp3) is 0.346. The first kappa shape index (κ1) is 21.8. The first-order chi connectivity index (χ1) is 15.9. The molecule has 170 valence electrons. The molecule has 1 aliphatic carbocycles. The lowest BCUT2D eigenvalue weighted by atomic mass is 9.73. The maximum Gasteiger partial charge on any atom is 0.227 e. The Hall–Kier alpha value is -3.06. The van der Waals surface area contributed by atoms with Crippen molar-refractivity contribution in [2.75, 3.05) is 11.9 Å². The highest BCUT2D eigenvalue weighted by Crippen LogP contribution is 2.46. The molecule has 0 radical (unpaired) electrons. The number of hydrogen-bond acceptors (Lipinski definition) is 6. The lowest BCUT2D eigenvalue weighted by Gasteiger charge is -2.38. The van der Waals surface area contributed by atoms with Crippen molar-refractivity contribution in [3.8, 4) is 5.75 Å². The number of thioether (sulfide) groups is 1. The zero-order valence-electron chi connectivity index (χ0n) is 19.2. The number of rotatable bonds is 6. The van der Waals surface area contributed by atoms with Crippen LogP contribution in [0.3, 0.4) is 0 Å². The summed E-state index contributed by atoms with van der Waals surface area (Å²) in [5.41, 5.74) is 3.86. The van der Waals surface area contributed by atoms with Gasteiger partial charge in [-0.3, -0.25) is 4.79 Å². The van der Waals surface area contributed by atoms with Crippen molar-refractivity contribution < 1.29 is 9.53 Å². The molecule has 7 heteroatoms. The number of carbonyl (C=O) groups is 1. The largest absolute Gasteiger partial charge is 0.494 e. The van der Waals surface area contributed by atoms with Gasteiger partial charge in [-0.05, 0) is 42.0 Å². The van der Waals surface area contributed by atoms with E-state index in [1.54, 1.807) is 11.8 Å². The third kappa shape index (κ3) is 4.42. The number of nitrogens with zero attached hydrogens (tertiary/aromatic N) is 3. The third-order valence-corrected chi connectivity index (χ3v) is 6.92. The Balaban J connectivity index is 1.54. The van der Waals surface area contributed by atoms with E-state index in [9.17, 15) is 4.79 Å². The van der Waals surface area contributed by atoms with Crippen LogP contribution < -0.4 is 10.1 Å². The summed E-state index contributed by atoms with van der Waals surface area (Å²) in [6, 6.07) is 17.9. The number of anilines is 1. The van der Waals surface area contributed by atoms with Gasteiger partial charge in [0.1, 0.15) is 11.8 Å². The van der Waals surface area contributed by atoms with E-state index >= 15 is 0 Å². The molecule has 0 bridgehead atoms. The van der Waals surface area contributed by atoms with E-state index in [-0.39, 0.29) is 17.2 Å². The van der Waals surface area contributed by atoms with Gasteiger partial charge in [-0.2, -0.15) is 4.98 Å². The summed E-state index contributed by atoms with van der Waals surface area (Å²) in [6.45, 7) is 6.84. The minimum absolute atomic E-state index is 0.0896. The fourth-order valence-corrected chi connectivity index (χ4v) is 5.41. The minimum Gasteiger partial charge on any atom is -0.494 e. The molecular weight excluding hydrogens is 432 g/mol. The maximum atomic E-state index is 13.4. The van der Waals surface area contributed by atoms with Gasteiger partial charge in [-0.25, -0.2) is 4.68 Å². The second-order valence-electron chi connectivity index (χ2n) is 9.30. The number of benzene rings is 2. The molecule has 1 aliphatic heterocycles. The predicted octanol–water partition coefficient (Wildman–Crippen LogP) is 5.63. The lowest BCUT2D eigenvalue weighted by Crippen LogP contribution is -2.36. The van der Waals surface area contributed by atoms with E-state index < -0.39 is 0 Å². The van der Waals surface area contributed by atoms with E-state index in [0.717, 1.165) is 34.8 Å². The highest BCUT2D eigenvalue weighted by atomic mass is 32.2. The first-order valence-corrected chi connectivity index (χ1v) is 12.3. The molecule has 0 amide bonds. The number of allylic oxidation sites excluding steroid dienone is 2. The summed E-state index contributed by atoms with van der Waals surface area (Å²) in [7, 11) is 0. The van der Waals surface area contributed by atoms with Gasteiger partial charge in [-0.1, -0.05) is 68.1 Å². The van der Waals surface area contributed by atoms with E-state index in [2.05, 4.69) is 31.3 Å². The third-order valence-electron chi connectivity index (χ3n) is 6.01. The van der Waals surface area contributed by atoms with E-state index in [1.165, 1.54) is 5.56 Å². The second kappa shape index (κ2) is 8.71. The van der Waals surface area contributed by atoms with Gasteiger partial charge in [0.25, 0.3) is 0 Å². The lowest BCUT2D eigenvalue weighted by molar-refractivity contribution is -0.118. The first-order valence-electron chi connectivity index (χ1n) is 11.3. The van der Waals surface area contributed by atoms with Crippen LogP contribution in [0.1, 0.15) is 50.8 Å². The molecule has 0 spiro atoms. The normalized spacial score (nSPS) is 19.0. The number of Topliss-reactive ketones (excluding diaryl/α,β-unsaturated/α-hetero) is 1. The Morgan fingerprint density at radius 2 is 1.97 bits per heavy atom. The van der Waals surface area contributed by atoms with Crippen LogP contribution in [0.15, 0.2) is 71.0 Å². The average molecular weight is 461 g/mol. The topological polar surface area (TPSA) is 69.0 Å². The molecule has 0 saturated carbocycles. The number of ketones is 1. The SMILES string of the molecule is CCOc1cccc(C2C3=C(CC(C)(C)CC3=O)Nc3nc(SCc4ccccc4)nn32)c1. The number of ether oxygens (including phenoxy) is 1. The summed E-state index contributed by atoms with van der Waals surface area (Å²) < 4.78 is 7.62. The van der Waals surface area contributed by atoms with Gasteiger partial charge in [-0.15, -0.1) is 5.10 Å². The fourth-order valence-electron chi connectivity index (χ4n) is 4.62. The van der Waals surface area contributed by atoms with Crippen molar-refractivity contribution in [2.45, 2.75) is 50.6 Å². The van der Waals surface area contributed by atoms with Crippen LogP contribution in [0.25, 0.3) is 0 Å². The molecule has 6 nitrogen and oxygen atoms in total. The monoisotopic (exact) mass is 460 g/mol. The number of aromatic nitrogens is 3. The van der Waals surface area contributed by atoms with E-state index in [0.29, 0.717) is 24.1 Å². The van der Waals surface area contributed by atoms with Crippen molar-refractivity contribution in [3.05, 3.63) is 77.0 Å². The smallest absolute Gasteiger partial charge is 0.227 e. The molecule has 0 saturated heterocycles. The highest BCUT2D eigenvalue weighted by molar-refractivity contribution is 7.98. The molecule has 33 heavy (non-hydrogen) atoms. The summed E-state index contributed by atoms with van der Waals surface area (Å²) in [5.74, 6) is 2.43. The molecule has 1 atom stereocenters. The molecule has 3 aromatic rings. The van der Waals surface area contributed by atoms with E-state index in [4.69, 9.17) is 14.8 Å². The van der Waals surface area contributed by atoms with Crippen LogP contribution in [0.5, 0.6) is 5.75 Å². The molecule has 2 heterocycles. The van der Waals surface area contributed by atoms with Crippen molar-refractivity contribution in [1.82, 2.24) is 14.8 Å². The molecule has 2 aliphatic rings. The highest BCUT2D eigenvalue weighted by Gasteiger charge is 2.42. The quantitative estimate of drug-likeness (QED) is 0.481. The zero-order chi connectivity index (χ0) is 23.0. The number of fused-ring (bicyclic) bond motifs is 1. The maximum absolute atomic E-state index is 13.4. The van der Waals surface area contributed by atoms with Crippen LogP contribution in [0.4, 0.5) is 5.95 Å². The Morgan fingerprint density at radius 1 is 1.15 bits per heavy atom. The van der Waals surface area contributed by atoms with Crippen molar-refractivity contribution in [3.63, 3.8) is 0 Å². The van der Waals surface area contributed by atoms with Gasteiger partial charge in [0.2, 0.25) is 11.1 Å². The summed E-state index contributed by atoms with van der Waals surface area (Å²) in [4.78, 5) is 18.2. The molecular formula is C26H28N4O2S. The van der Waals surface area contributed by atoms with Gasteiger partial charge >= 0.3 is 0 Å². The Morgan fingerprint density at radius 3 is 2.76 bits per heavy atom. The Kier molecular flexibility index (Phi) is 5.74. The zero-order valence-corrected chi connectivity index (χ0v) is 20.0. The molecule has 0 fully saturated rings. The van der Waals surface area contributed by atoms with Gasteiger partial charge in [0, 0.05) is 23.4 Å². The number of hydrogen-bond donors (Lipinski definition) is 1. The number of carbonyl (C=O) groups excluding carboxylic acids is 1. The molecule has 2 aromatic carbocycles. The van der Waals surface area contributed by atoms with Crippen LogP contribution in [0.2, 0.25) is 0 Å². The second-order valence-corrected chi connectivity index (χ2v) is 10.2. The molecule has 1 aromatic heterocycles. The van der Waals surface area contributed by atoms with Crippen molar-refractivity contribution in [2.24, 2.45) is 5.41 Å². The van der Waals surface area contributed by atoms with Crippen molar-refractivity contribution in [1.29, 1.82) is 0 Å². The van der Waals surface area contributed by atoms with Crippen LogP contribution in [-0.4, -0.2) is 27.2 Å². The van der Waals surface area contributed by atoms with E-state index in [1.807, 2.05) is 54.1 Å². The summed E-state index contributed by atoms with van der Waals surface area (Å²) in [5, 5.41) is 8.98. The molecule has 1 unspecified atom stereocenters. The van der Waals surface area contributed by atoms with Gasteiger partial charge in [0.05, 0.1) is 6.61 Å². The summed E-state index contributed by atoms with van der Waals surface area (Å²) in [6.07, 6.45) is 1.32. The number of nitrogens with one attached hydrogen (secondary N) is 1. The average Bonchev–Trinajstić information content (AvgIpc) is 3.19. The van der Waals surface area contributed by atoms with Gasteiger partial charge in [0.15, 0.2) is 5.78 Å². The minimum atomic E-state index is -0.321. The summed E-state index contributed by atoms with van der Waals surface area (Å²) >= 11 is 1.60. The van der Waals surface area contributed by atoms with Crippen LogP contribution in [0, 0.1) is 5.41 Å². The van der Waals surface area contributed by atoms with Crippen molar-refractivity contribution >= 4 is 23.5 Å². The molecule has 1 N–H and O–H groups in total. The Bertz CT molecular complexity index is 1220. The molecule has 5 rings (SSSR count). The predicted molar refractivity (Wildman–Crippen MR) is 130 cm³/mol.